The monoisotopic (exact) mass is 418 g/mol. The molecule has 3 aromatic rings. The normalized spacial score (nSPS) is 12.0. The molecule has 1 aromatic heterocycles. The van der Waals surface area contributed by atoms with E-state index in [4.69, 9.17) is 11.6 Å². The Hall–Kier alpha value is -2.39. The Morgan fingerprint density at radius 3 is 2.22 bits per heavy atom. The Labute approximate surface area is 156 Å². The van der Waals surface area contributed by atoms with Crippen LogP contribution in [-0.2, 0) is 9.84 Å². The average Bonchev–Trinajstić information content (AvgIpc) is 2.98. The van der Waals surface area contributed by atoms with Crippen LogP contribution in [0.5, 0.6) is 0 Å². The molecular weight excluding hydrogens is 408 g/mol. The lowest BCUT2D eigenvalue weighted by molar-refractivity contribution is 0.145. The van der Waals surface area contributed by atoms with Crippen molar-refractivity contribution < 1.29 is 26.0 Å². The second-order valence-corrected chi connectivity index (χ2v) is 8.08. The standard InChI is InChI=1S/C17H11ClF4N2O2S/c1-27(25,26)16-12(19)5-9(6-13(16)20)15-8-14(17(21)22)23-24(15)11-4-2-3-10(18)7-11/h2-8,17H,1H3. The van der Waals surface area contributed by atoms with Crippen molar-refractivity contribution in [2.45, 2.75) is 11.3 Å². The highest BCUT2D eigenvalue weighted by Gasteiger charge is 2.24. The third-order valence-corrected chi connectivity index (χ3v) is 5.04. The van der Waals surface area contributed by atoms with Gasteiger partial charge in [0.25, 0.3) is 6.43 Å². The van der Waals surface area contributed by atoms with Gasteiger partial charge >= 0.3 is 0 Å². The Kier molecular flexibility index (Phi) is 5.00. The van der Waals surface area contributed by atoms with Crippen molar-refractivity contribution in [2.24, 2.45) is 0 Å². The second kappa shape index (κ2) is 6.97. The van der Waals surface area contributed by atoms with Crippen molar-refractivity contribution in [2.75, 3.05) is 6.26 Å². The summed E-state index contributed by atoms with van der Waals surface area (Å²) in [4.78, 5) is -1.09. The van der Waals surface area contributed by atoms with Gasteiger partial charge < -0.3 is 0 Å². The van der Waals surface area contributed by atoms with Crippen LogP contribution in [0.1, 0.15) is 12.1 Å². The van der Waals surface area contributed by atoms with E-state index in [1.165, 1.54) is 12.1 Å². The summed E-state index contributed by atoms with van der Waals surface area (Å²) in [6.07, 6.45) is -2.26. The maximum Gasteiger partial charge on any atom is 0.282 e. The van der Waals surface area contributed by atoms with Gasteiger partial charge in [0.2, 0.25) is 0 Å². The van der Waals surface area contributed by atoms with Gasteiger partial charge in [-0.2, -0.15) is 5.10 Å². The van der Waals surface area contributed by atoms with Gasteiger partial charge in [-0.15, -0.1) is 0 Å². The van der Waals surface area contributed by atoms with E-state index in [2.05, 4.69) is 5.10 Å². The van der Waals surface area contributed by atoms with Crippen LogP contribution in [0.3, 0.4) is 0 Å². The van der Waals surface area contributed by atoms with Crippen molar-refractivity contribution in [3.05, 3.63) is 64.8 Å². The maximum atomic E-state index is 14.2. The molecule has 0 spiro atoms. The van der Waals surface area contributed by atoms with Crippen LogP contribution >= 0.6 is 11.6 Å². The molecule has 0 bridgehead atoms. The smallest absolute Gasteiger partial charge is 0.233 e. The first-order valence-corrected chi connectivity index (χ1v) is 9.68. The number of halogens is 5. The van der Waals surface area contributed by atoms with E-state index in [9.17, 15) is 26.0 Å². The van der Waals surface area contributed by atoms with Crippen molar-refractivity contribution in [1.82, 2.24) is 9.78 Å². The van der Waals surface area contributed by atoms with Crippen LogP contribution in [0.2, 0.25) is 5.02 Å². The Morgan fingerprint density at radius 2 is 1.70 bits per heavy atom. The largest absolute Gasteiger partial charge is 0.282 e. The number of rotatable bonds is 4. The average molecular weight is 419 g/mol. The minimum atomic E-state index is -4.15. The van der Waals surface area contributed by atoms with Gasteiger partial charge in [-0.05, 0) is 36.4 Å². The molecule has 0 fully saturated rings. The zero-order valence-corrected chi connectivity index (χ0v) is 15.2. The van der Waals surface area contributed by atoms with Crippen LogP contribution < -0.4 is 0 Å². The molecule has 0 radical (unpaired) electrons. The van der Waals surface area contributed by atoms with Crippen molar-refractivity contribution in [3.63, 3.8) is 0 Å². The fraction of sp³-hybridized carbons (Fsp3) is 0.118. The molecule has 2 aromatic carbocycles. The van der Waals surface area contributed by atoms with Gasteiger partial charge in [0.1, 0.15) is 22.2 Å². The molecule has 10 heteroatoms. The highest BCUT2D eigenvalue weighted by atomic mass is 35.5. The van der Waals surface area contributed by atoms with Crippen LogP contribution in [0, 0.1) is 11.6 Å². The summed E-state index contributed by atoms with van der Waals surface area (Å²) < 4.78 is 78.8. The summed E-state index contributed by atoms with van der Waals surface area (Å²) in [6, 6.07) is 8.56. The van der Waals surface area contributed by atoms with E-state index < -0.39 is 38.5 Å². The third-order valence-electron chi connectivity index (χ3n) is 3.67. The van der Waals surface area contributed by atoms with E-state index in [0.717, 1.165) is 22.9 Å². The number of sulfone groups is 1. The molecule has 3 rings (SSSR count). The van der Waals surface area contributed by atoms with Gasteiger partial charge in [-0.3, -0.25) is 0 Å². The molecule has 0 N–H and O–H groups in total. The molecule has 142 valence electrons. The number of benzene rings is 2. The number of hydrogen-bond acceptors (Lipinski definition) is 3. The molecule has 1 heterocycles. The van der Waals surface area contributed by atoms with E-state index in [1.54, 1.807) is 12.1 Å². The predicted molar refractivity (Wildman–Crippen MR) is 92.0 cm³/mol. The van der Waals surface area contributed by atoms with Gasteiger partial charge in [-0.1, -0.05) is 17.7 Å². The van der Waals surface area contributed by atoms with Gasteiger partial charge in [0, 0.05) is 16.8 Å². The summed E-state index contributed by atoms with van der Waals surface area (Å²) in [6.45, 7) is 0. The van der Waals surface area contributed by atoms with Crippen LogP contribution in [0.25, 0.3) is 16.9 Å². The fourth-order valence-corrected chi connectivity index (χ4v) is 3.59. The molecule has 4 nitrogen and oxygen atoms in total. The molecule has 0 saturated carbocycles. The van der Waals surface area contributed by atoms with Gasteiger partial charge in [0.05, 0.1) is 11.4 Å². The summed E-state index contributed by atoms with van der Waals surface area (Å²) in [5.74, 6) is -2.66. The molecular formula is C17H11ClF4N2O2S. The topological polar surface area (TPSA) is 52.0 Å². The Bertz CT molecular complexity index is 1110. The first-order valence-electron chi connectivity index (χ1n) is 7.41. The summed E-state index contributed by atoms with van der Waals surface area (Å²) in [5.41, 5.74) is -0.530. The Balaban J connectivity index is 2.26. The molecule has 0 aliphatic heterocycles. The fourth-order valence-electron chi connectivity index (χ4n) is 2.58. The predicted octanol–water partition coefficient (Wildman–Crippen LogP) is 4.81. The summed E-state index contributed by atoms with van der Waals surface area (Å²) in [5, 5.41) is 4.08. The van der Waals surface area contributed by atoms with E-state index in [-0.39, 0.29) is 16.9 Å². The highest BCUT2D eigenvalue weighted by molar-refractivity contribution is 7.90. The summed E-state index contributed by atoms with van der Waals surface area (Å²) >= 11 is 5.91. The summed E-state index contributed by atoms with van der Waals surface area (Å²) in [7, 11) is -4.15. The van der Waals surface area contributed by atoms with Crippen LogP contribution in [-0.4, -0.2) is 24.5 Å². The third kappa shape index (κ3) is 3.84. The molecule has 0 aliphatic rings. The van der Waals surface area contributed by atoms with Crippen molar-refractivity contribution in [3.8, 4) is 16.9 Å². The minimum absolute atomic E-state index is 0.0505. The quantitative estimate of drug-likeness (QED) is 0.571. The van der Waals surface area contributed by atoms with E-state index in [1.807, 2.05) is 0 Å². The maximum absolute atomic E-state index is 14.2. The number of nitrogens with zero attached hydrogens (tertiary/aromatic N) is 2. The van der Waals surface area contributed by atoms with Crippen LogP contribution in [0.15, 0.2) is 47.4 Å². The van der Waals surface area contributed by atoms with Gasteiger partial charge in [0.15, 0.2) is 9.84 Å². The van der Waals surface area contributed by atoms with Crippen LogP contribution in [0.4, 0.5) is 17.6 Å². The number of aromatic nitrogens is 2. The lowest BCUT2D eigenvalue weighted by Crippen LogP contribution is -2.06. The zero-order valence-electron chi connectivity index (χ0n) is 13.6. The zero-order chi connectivity index (χ0) is 19.9. The van der Waals surface area contributed by atoms with E-state index >= 15 is 0 Å². The van der Waals surface area contributed by atoms with Crippen molar-refractivity contribution >= 4 is 21.4 Å². The second-order valence-electron chi connectivity index (χ2n) is 5.69. The van der Waals surface area contributed by atoms with Gasteiger partial charge in [-0.25, -0.2) is 30.7 Å². The molecule has 0 aliphatic carbocycles. The SMILES string of the molecule is CS(=O)(=O)c1c(F)cc(-c2cc(C(F)F)nn2-c2cccc(Cl)c2)cc1F. The lowest BCUT2D eigenvalue weighted by atomic mass is 10.1. The highest BCUT2D eigenvalue weighted by Crippen LogP contribution is 2.32. The molecule has 0 saturated heterocycles. The first kappa shape index (κ1) is 19.4. The molecule has 0 unspecified atom stereocenters. The molecule has 0 amide bonds. The molecule has 27 heavy (non-hydrogen) atoms. The molecule has 0 atom stereocenters. The van der Waals surface area contributed by atoms with E-state index in [0.29, 0.717) is 11.3 Å². The van der Waals surface area contributed by atoms with Crippen molar-refractivity contribution in [1.29, 1.82) is 0 Å². The number of alkyl halides is 2. The first-order chi connectivity index (χ1) is 12.6. The Morgan fingerprint density at radius 1 is 1.07 bits per heavy atom. The lowest BCUT2D eigenvalue weighted by Gasteiger charge is -2.10. The minimum Gasteiger partial charge on any atom is -0.233 e. The number of hydrogen-bond donors (Lipinski definition) is 0.